The third-order valence-corrected chi connectivity index (χ3v) is 6.60. The molecule has 7 nitrogen and oxygen atoms in total. The molecule has 192 valence electrons. The Hall–Kier alpha value is -2.45. The number of benzene rings is 1. The minimum absolute atomic E-state index is 0.00981. The van der Waals surface area contributed by atoms with Gasteiger partial charge in [-0.1, -0.05) is 84.1 Å². The van der Waals surface area contributed by atoms with E-state index in [-0.39, 0.29) is 24.0 Å². The van der Waals surface area contributed by atoms with Gasteiger partial charge >= 0.3 is 12.0 Å². The second-order valence-corrected chi connectivity index (χ2v) is 8.94. The van der Waals surface area contributed by atoms with E-state index in [9.17, 15) is 9.59 Å². The Bertz CT molecular complexity index is 910. The molecule has 1 heterocycles. The van der Waals surface area contributed by atoms with Gasteiger partial charge in [-0.25, -0.2) is 4.98 Å². The lowest BCUT2D eigenvalue weighted by atomic mass is 9.72. The van der Waals surface area contributed by atoms with E-state index in [0.717, 1.165) is 50.6 Å². The molecule has 4 rings (SSSR count). The van der Waals surface area contributed by atoms with Crippen LogP contribution in [0.4, 0.5) is 6.01 Å². The predicted octanol–water partition coefficient (Wildman–Crippen LogP) is 5.04. The molecule has 2 saturated carbocycles. The number of ether oxygens (including phenoxy) is 1. The van der Waals surface area contributed by atoms with E-state index in [0.29, 0.717) is 5.92 Å². The van der Waals surface area contributed by atoms with Crippen LogP contribution in [0.1, 0.15) is 63.9 Å². The number of hydrogen-bond donors (Lipinski definition) is 2. The average Bonchev–Trinajstić information content (AvgIpc) is 3.24. The highest BCUT2D eigenvalue weighted by Crippen LogP contribution is 2.43. The molecule has 2 aliphatic rings. The van der Waals surface area contributed by atoms with E-state index >= 15 is 0 Å². The molecule has 2 aromatic rings. The monoisotopic (exact) mass is 548 g/mol. The van der Waals surface area contributed by atoms with Gasteiger partial charge in [-0.3, -0.25) is 14.9 Å². The summed E-state index contributed by atoms with van der Waals surface area (Å²) in [6.45, 7) is 6.36. The van der Waals surface area contributed by atoms with E-state index < -0.39 is 5.41 Å². The number of alkyl halides is 1. The Kier molecular flexibility index (Phi) is 12.2. The van der Waals surface area contributed by atoms with Crippen molar-refractivity contribution in [1.29, 1.82) is 0 Å². The standard InChI is InChI=1S/C21H29NO2.C5H6N2O2.CH3Br/c1-16-15-19(18(16)11-14-22)24-20(23)21(12-7-2-3-8-13-21)17-9-5-4-6-10-17;1-4(8)7-5-6-2-3-9-5;1-2/h4-6,9-10,18-19H,1-3,7-8,11-15,22H2;2-3H,1H3,(H,6,7,8);1H3/p+1. The number of halogens is 1. The molecule has 0 saturated heterocycles. The second-order valence-electron chi connectivity index (χ2n) is 8.94. The first-order chi connectivity index (χ1) is 17.0. The number of aromatic nitrogens is 1. The maximum Gasteiger partial charge on any atom is 0.316 e. The van der Waals surface area contributed by atoms with Gasteiger partial charge in [0, 0.05) is 25.7 Å². The summed E-state index contributed by atoms with van der Waals surface area (Å²) in [6, 6.07) is 10.5. The Morgan fingerprint density at radius 2 is 1.86 bits per heavy atom. The molecule has 4 N–H and O–H groups in total. The Morgan fingerprint density at radius 1 is 1.20 bits per heavy atom. The van der Waals surface area contributed by atoms with Crippen molar-refractivity contribution >= 4 is 33.8 Å². The van der Waals surface area contributed by atoms with Crippen LogP contribution in [0.2, 0.25) is 0 Å². The second kappa shape index (κ2) is 14.8. The van der Waals surface area contributed by atoms with E-state index in [2.05, 4.69) is 50.7 Å². The summed E-state index contributed by atoms with van der Waals surface area (Å²) in [7, 11) is 0. The van der Waals surface area contributed by atoms with Gasteiger partial charge in [-0.2, -0.15) is 0 Å². The lowest BCUT2D eigenvalue weighted by molar-refractivity contribution is -0.371. The smallest absolute Gasteiger partial charge is 0.316 e. The highest BCUT2D eigenvalue weighted by molar-refractivity contribution is 9.08. The molecule has 35 heavy (non-hydrogen) atoms. The van der Waals surface area contributed by atoms with Gasteiger partial charge in [0.15, 0.2) is 0 Å². The topological polar surface area (TPSA) is 109 Å². The molecular formula is C27H39BrN3O4+. The van der Waals surface area contributed by atoms with Gasteiger partial charge in [0.05, 0.1) is 18.2 Å². The molecule has 2 unspecified atom stereocenters. The third-order valence-electron chi connectivity index (χ3n) is 6.60. The summed E-state index contributed by atoms with van der Waals surface area (Å²) in [5, 5.41) is 2.37. The van der Waals surface area contributed by atoms with Gasteiger partial charge in [0.25, 0.3) is 0 Å². The minimum atomic E-state index is -0.455. The molecule has 2 fully saturated rings. The highest BCUT2D eigenvalue weighted by atomic mass is 79.9. The van der Waals surface area contributed by atoms with Crippen molar-refractivity contribution in [3.63, 3.8) is 0 Å². The fourth-order valence-corrected chi connectivity index (χ4v) is 4.77. The van der Waals surface area contributed by atoms with Crippen molar-refractivity contribution in [3.8, 4) is 0 Å². The molecule has 0 bridgehead atoms. The Balaban J connectivity index is 0.000000329. The normalized spacial score (nSPS) is 20.5. The maximum atomic E-state index is 13.3. The van der Waals surface area contributed by atoms with Crippen LogP contribution in [0.3, 0.4) is 0 Å². The summed E-state index contributed by atoms with van der Waals surface area (Å²) in [5.41, 5.74) is 5.83. The van der Waals surface area contributed by atoms with Gasteiger partial charge in [-0.05, 0) is 24.2 Å². The fourth-order valence-electron chi connectivity index (χ4n) is 4.77. The van der Waals surface area contributed by atoms with Crippen LogP contribution in [-0.4, -0.2) is 35.3 Å². The molecule has 1 aromatic carbocycles. The zero-order chi connectivity index (χ0) is 25.7. The average molecular weight is 550 g/mol. The summed E-state index contributed by atoms with van der Waals surface area (Å²) >= 11 is 2.94. The molecule has 0 spiro atoms. The molecule has 8 heteroatoms. The van der Waals surface area contributed by atoms with Crippen LogP contribution in [0, 0.1) is 5.92 Å². The fraction of sp³-hybridized carbons (Fsp3) is 0.519. The summed E-state index contributed by atoms with van der Waals surface area (Å²) in [6.07, 6.45) is 11.1. The zero-order valence-corrected chi connectivity index (χ0v) is 22.5. The first-order valence-corrected chi connectivity index (χ1v) is 13.8. The molecule has 1 amide bonds. The van der Waals surface area contributed by atoms with Crippen molar-refractivity contribution in [2.24, 2.45) is 5.92 Å². The molecule has 1 aromatic heterocycles. The van der Waals surface area contributed by atoms with Crippen LogP contribution in [-0.2, 0) is 19.7 Å². The van der Waals surface area contributed by atoms with Crippen LogP contribution >= 0.6 is 15.9 Å². The van der Waals surface area contributed by atoms with Crippen LogP contribution in [0.25, 0.3) is 0 Å². The number of rotatable bonds is 6. The SMILES string of the molecule is C=C1CC(OC(=O)C2(c3ccccc3)CCCCCC2)C1CC[NH3+].CBr.CC(=O)Nc1ncco1. The first kappa shape index (κ1) is 28.8. The summed E-state index contributed by atoms with van der Waals surface area (Å²) < 4.78 is 10.7. The van der Waals surface area contributed by atoms with Crippen molar-refractivity contribution in [2.75, 3.05) is 17.7 Å². The summed E-state index contributed by atoms with van der Waals surface area (Å²) in [5.74, 6) is 1.93. The van der Waals surface area contributed by atoms with E-state index in [1.54, 1.807) is 0 Å². The molecule has 2 aliphatic carbocycles. The van der Waals surface area contributed by atoms with Crippen molar-refractivity contribution in [1.82, 2.24) is 4.98 Å². The number of amides is 1. The number of carbonyl (C=O) groups is 2. The van der Waals surface area contributed by atoms with Gasteiger partial charge < -0.3 is 14.9 Å². The maximum absolute atomic E-state index is 13.3. The third kappa shape index (κ3) is 8.04. The number of nitrogens with zero attached hydrogens (tertiary/aromatic N) is 1. The lowest BCUT2D eigenvalue weighted by Gasteiger charge is -2.41. The predicted molar refractivity (Wildman–Crippen MR) is 141 cm³/mol. The molecule has 0 radical (unpaired) electrons. The zero-order valence-electron chi connectivity index (χ0n) is 20.9. The Morgan fingerprint density at radius 3 is 2.37 bits per heavy atom. The van der Waals surface area contributed by atoms with E-state index in [4.69, 9.17) is 9.15 Å². The van der Waals surface area contributed by atoms with Crippen molar-refractivity contribution in [3.05, 3.63) is 60.5 Å². The first-order valence-electron chi connectivity index (χ1n) is 12.2. The van der Waals surface area contributed by atoms with Crippen molar-refractivity contribution < 1.29 is 24.5 Å². The van der Waals surface area contributed by atoms with Gasteiger partial charge in [-0.15, -0.1) is 0 Å². The van der Waals surface area contributed by atoms with Crippen LogP contribution < -0.4 is 11.1 Å². The molecule has 2 atom stereocenters. The number of oxazole rings is 1. The quantitative estimate of drug-likeness (QED) is 0.227. The number of nitrogens with one attached hydrogen (secondary N) is 1. The van der Waals surface area contributed by atoms with Gasteiger partial charge in [0.2, 0.25) is 5.91 Å². The Labute approximate surface area is 217 Å². The largest absolute Gasteiger partial charge is 0.461 e. The molecule has 0 aliphatic heterocycles. The lowest BCUT2D eigenvalue weighted by Crippen LogP contribution is -2.53. The van der Waals surface area contributed by atoms with Crippen LogP contribution in [0.15, 0.2) is 59.4 Å². The number of anilines is 1. The van der Waals surface area contributed by atoms with E-state index in [1.807, 2.05) is 24.0 Å². The number of esters is 1. The highest BCUT2D eigenvalue weighted by Gasteiger charge is 2.45. The number of carbonyl (C=O) groups excluding carboxylic acids is 2. The number of hydrogen-bond acceptors (Lipinski definition) is 5. The molecular weight excluding hydrogens is 510 g/mol. The summed E-state index contributed by atoms with van der Waals surface area (Å²) in [4.78, 5) is 27.2. The van der Waals surface area contributed by atoms with Crippen LogP contribution in [0.5, 0.6) is 0 Å². The van der Waals surface area contributed by atoms with Crippen molar-refractivity contribution in [2.45, 2.75) is 69.8 Å². The van der Waals surface area contributed by atoms with E-state index in [1.165, 1.54) is 37.8 Å². The number of quaternary nitrogens is 1. The van der Waals surface area contributed by atoms with Gasteiger partial charge in [0.1, 0.15) is 12.4 Å². The minimum Gasteiger partial charge on any atom is -0.461 e.